The van der Waals surface area contributed by atoms with E-state index in [0.29, 0.717) is 0 Å². The number of carboxylic acid groups (broad SMARTS) is 1. The summed E-state index contributed by atoms with van der Waals surface area (Å²) in [5.74, 6) is -2.07. The molecule has 7 nitrogen and oxygen atoms in total. The van der Waals surface area contributed by atoms with Crippen molar-refractivity contribution in [2.75, 3.05) is 0 Å². The van der Waals surface area contributed by atoms with E-state index in [1.54, 1.807) is 0 Å². The zero-order chi connectivity index (χ0) is 14.6. The highest BCUT2D eigenvalue weighted by atomic mass is 19.3. The maximum Gasteiger partial charge on any atom is 0.387 e. The van der Waals surface area contributed by atoms with Crippen LogP contribution in [0.1, 0.15) is 15.9 Å². The monoisotopic (exact) mass is 275 g/mol. The lowest BCUT2D eigenvalue weighted by molar-refractivity contribution is -0.385. The van der Waals surface area contributed by atoms with Gasteiger partial charge >= 0.3 is 12.6 Å². The number of hydrogen-bond acceptors (Lipinski definition) is 5. The number of nitro groups is 1. The maximum absolute atomic E-state index is 12.2. The molecule has 0 aliphatic rings. The molecule has 102 valence electrons. The summed E-state index contributed by atoms with van der Waals surface area (Å²) >= 11 is 0. The van der Waals surface area contributed by atoms with Gasteiger partial charge < -0.3 is 9.84 Å². The Hall–Kier alpha value is -2.58. The molecule has 0 saturated carbocycles. The van der Waals surface area contributed by atoms with Crippen LogP contribution in [0.15, 0.2) is 12.1 Å². The van der Waals surface area contributed by atoms with Gasteiger partial charge in [0.2, 0.25) is 0 Å². The molecular formula is C10H7F2NO6. The highest BCUT2D eigenvalue weighted by Gasteiger charge is 2.21. The zero-order valence-corrected chi connectivity index (χ0v) is 9.21. The van der Waals surface area contributed by atoms with E-state index in [1.165, 1.54) is 0 Å². The number of carbonyl (C=O) groups is 2. The molecule has 0 aliphatic heterocycles. The summed E-state index contributed by atoms with van der Waals surface area (Å²) in [7, 11) is 0. The molecule has 1 N–H and O–H groups in total. The van der Waals surface area contributed by atoms with Crippen LogP contribution < -0.4 is 4.74 Å². The number of hydrogen-bond donors (Lipinski definition) is 1. The molecule has 0 spiro atoms. The van der Waals surface area contributed by atoms with Crippen LogP contribution in [-0.4, -0.2) is 28.9 Å². The number of nitro benzene ring substituents is 1. The molecule has 9 heteroatoms. The number of halogens is 2. The fourth-order valence-corrected chi connectivity index (χ4v) is 1.42. The fraction of sp³-hybridized carbons (Fsp3) is 0.200. The lowest BCUT2D eigenvalue weighted by Crippen LogP contribution is -2.10. The predicted octanol–water partition coefficient (Wildman–Crippen LogP) is 1.64. The van der Waals surface area contributed by atoms with Gasteiger partial charge in [-0.25, -0.2) is 0 Å². The Morgan fingerprint density at radius 1 is 1.53 bits per heavy atom. The SMILES string of the molecule is O=Cc1cc([N+](=O)[O-])cc(CC(=O)O)c1OC(F)F. The van der Waals surface area contributed by atoms with E-state index in [9.17, 15) is 28.5 Å². The Bertz CT molecular complexity index is 531. The van der Waals surface area contributed by atoms with Crippen LogP contribution in [-0.2, 0) is 11.2 Å². The average molecular weight is 275 g/mol. The molecule has 0 atom stereocenters. The van der Waals surface area contributed by atoms with E-state index >= 15 is 0 Å². The Morgan fingerprint density at radius 3 is 2.58 bits per heavy atom. The van der Waals surface area contributed by atoms with Gasteiger partial charge in [-0.2, -0.15) is 8.78 Å². The van der Waals surface area contributed by atoms with Gasteiger partial charge in [0, 0.05) is 17.7 Å². The van der Waals surface area contributed by atoms with Crippen LogP contribution in [0.3, 0.4) is 0 Å². The summed E-state index contributed by atoms with van der Waals surface area (Å²) in [4.78, 5) is 31.0. The van der Waals surface area contributed by atoms with Crippen LogP contribution in [0.25, 0.3) is 0 Å². The van der Waals surface area contributed by atoms with Crippen molar-refractivity contribution in [1.29, 1.82) is 0 Å². The largest absolute Gasteiger partial charge is 0.481 e. The van der Waals surface area contributed by atoms with Gasteiger partial charge in [0.15, 0.2) is 6.29 Å². The Kier molecular flexibility index (Phi) is 4.46. The summed E-state index contributed by atoms with van der Waals surface area (Å²) < 4.78 is 28.4. The van der Waals surface area contributed by atoms with E-state index < -0.39 is 40.9 Å². The second-order valence-electron chi connectivity index (χ2n) is 3.35. The van der Waals surface area contributed by atoms with Crippen molar-refractivity contribution in [2.24, 2.45) is 0 Å². The molecule has 1 aromatic carbocycles. The standard InChI is InChI=1S/C10H7F2NO6/c11-10(12)19-9-5(3-8(15)16)1-7(13(17)18)2-6(9)4-14/h1-2,4,10H,3H2,(H,15,16). The van der Waals surface area contributed by atoms with Gasteiger partial charge in [-0.15, -0.1) is 0 Å². The first-order chi connectivity index (χ1) is 8.85. The van der Waals surface area contributed by atoms with Crippen molar-refractivity contribution in [3.63, 3.8) is 0 Å². The van der Waals surface area contributed by atoms with E-state index in [0.717, 1.165) is 12.1 Å². The van der Waals surface area contributed by atoms with Crippen LogP contribution in [0, 0.1) is 10.1 Å². The Morgan fingerprint density at radius 2 is 2.16 bits per heavy atom. The number of aldehydes is 1. The van der Waals surface area contributed by atoms with Crippen LogP contribution in [0.5, 0.6) is 5.75 Å². The summed E-state index contributed by atoms with van der Waals surface area (Å²) in [5, 5.41) is 19.2. The smallest absolute Gasteiger partial charge is 0.387 e. The first-order valence-corrected chi connectivity index (χ1v) is 4.78. The lowest BCUT2D eigenvalue weighted by atomic mass is 10.1. The second kappa shape index (κ2) is 5.85. The quantitative estimate of drug-likeness (QED) is 0.480. The normalized spacial score (nSPS) is 10.3. The van der Waals surface area contributed by atoms with Crippen molar-refractivity contribution >= 4 is 17.9 Å². The van der Waals surface area contributed by atoms with Crippen molar-refractivity contribution in [3.05, 3.63) is 33.4 Å². The number of non-ortho nitro benzene ring substituents is 1. The van der Waals surface area contributed by atoms with E-state index in [2.05, 4.69) is 4.74 Å². The number of nitrogens with zero attached hydrogens (tertiary/aromatic N) is 1. The molecule has 0 unspecified atom stereocenters. The van der Waals surface area contributed by atoms with Gasteiger partial charge in [0.1, 0.15) is 5.75 Å². The third-order valence-corrected chi connectivity index (χ3v) is 2.07. The third-order valence-electron chi connectivity index (χ3n) is 2.07. The highest BCUT2D eigenvalue weighted by molar-refractivity contribution is 5.83. The summed E-state index contributed by atoms with van der Waals surface area (Å²) in [5.41, 5.74) is -1.46. The predicted molar refractivity (Wildman–Crippen MR) is 56.5 cm³/mol. The molecule has 0 amide bonds. The third kappa shape index (κ3) is 3.69. The molecule has 1 aromatic rings. The van der Waals surface area contributed by atoms with Crippen LogP contribution >= 0.6 is 0 Å². The maximum atomic E-state index is 12.2. The topological polar surface area (TPSA) is 107 Å². The second-order valence-corrected chi connectivity index (χ2v) is 3.35. The Labute approximate surface area is 104 Å². The fourth-order valence-electron chi connectivity index (χ4n) is 1.42. The summed E-state index contributed by atoms with van der Waals surface area (Å²) in [6, 6.07) is 1.51. The number of carbonyl (C=O) groups excluding carboxylic acids is 1. The van der Waals surface area contributed by atoms with Crippen molar-refractivity contribution in [2.45, 2.75) is 13.0 Å². The summed E-state index contributed by atoms with van der Waals surface area (Å²) in [6.45, 7) is -3.28. The molecule has 0 aromatic heterocycles. The molecule has 0 saturated heterocycles. The summed E-state index contributed by atoms with van der Waals surface area (Å²) in [6.07, 6.45) is -0.708. The molecule has 19 heavy (non-hydrogen) atoms. The van der Waals surface area contributed by atoms with E-state index in [4.69, 9.17) is 5.11 Å². The van der Waals surface area contributed by atoms with Crippen LogP contribution in [0.4, 0.5) is 14.5 Å². The molecule has 0 bridgehead atoms. The minimum atomic E-state index is -3.28. The van der Waals surface area contributed by atoms with Gasteiger partial charge in [0.05, 0.1) is 16.9 Å². The number of aliphatic carboxylic acids is 1. The average Bonchev–Trinajstić information content (AvgIpc) is 2.29. The number of ether oxygens (including phenoxy) is 1. The molecule has 0 radical (unpaired) electrons. The number of alkyl halides is 2. The minimum absolute atomic E-state index is 0.0794. The Balaban J connectivity index is 3.42. The minimum Gasteiger partial charge on any atom is -0.481 e. The van der Waals surface area contributed by atoms with Gasteiger partial charge in [-0.05, 0) is 0 Å². The van der Waals surface area contributed by atoms with Crippen LogP contribution in [0.2, 0.25) is 0 Å². The number of benzene rings is 1. The molecule has 0 heterocycles. The van der Waals surface area contributed by atoms with E-state index in [-0.39, 0.29) is 11.8 Å². The van der Waals surface area contributed by atoms with Gasteiger partial charge in [-0.1, -0.05) is 0 Å². The first kappa shape index (κ1) is 14.5. The molecule has 0 fully saturated rings. The first-order valence-electron chi connectivity index (χ1n) is 4.78. The zero-order valence-electron chi connectivity index (χ0n) is 9.21. The molecule has 0 aliphatic carbocycles. The van der Waals surface area contributed by atoms with Crippen molar-refractivity contribution in [1.82, 2.24) is 0 Å². The van der Waals surface area contributed by atoms with Crippen molar-refractivity contribution in [3.8, 4) is 5.75 Å². The lowest BCUT2D eigenvalue weighted by Gasteiger charge is -2.11. The number of rotatable bonds is 6. The van der Waals surface area contributed by atoms with Crippen molar-refractivity contribution < 1.29 is 33.1 Å². The van der Waals surface area contributed by atoms with Gasteiger partial charge in [0.25, 0.3) is 5.69 Å². The van der Waals surface area contributed by atoms with Gasteiger partial charge in [-0.3, -0.25) is 19.7 Å². The molecular weight excluding hydrogens is 268 g/mol. The molecule has 1 rings (SSSR count). The number of carboxylic acids is 1. The highest BCUT2D eigenvalue weighted by Crippen LogP contribution is 2.30. The van der Waals surface area contributed by atoms with E-state index in [1.807, 2.05) is 0 Å².